The minimum atomic E-state index is -0.497. The number of aromatic nitrogens is 2. The normalized spacial score (nSPS) is 20.2. The molecule has 0 bridgehead atoms. The standard InChI is InChI=1S/C17H23N3O2/c1-13-5-2-3-7-17(13)22-12-14(21)11-20-10-4-6-16(20)15-8-9-18-19-15/h2-3,5,7-9,14,16,21H,4,6,10-12H2,1H3,(H,18,19)/t14-,16-/m1/s1. The van der Waals surface area contributed by atoms with Crippen LogP contribution in [0.1, 0.15) is 30.1 Å². The van der Waals surface area contributed by atoms with Gasteiger partial charge in [0.1, 0.15) is 18.5 Å². The number of nitrogens with zero attached hydrogens (tertiary/aromatic N) is 2. The zero-order valence-corrected chi connectivity index (χ0v) is 12.9. The zero-order valence-electron chi connectivity index (χ0n) is 12.9. The third-order valence-corrected chi connectivity index (χ3v) is 4.22. The number of para-hydroxylation sites is 1. The summed E-state index contributed by atoms with van der Waals surface area (Å²) in [4.78, 5) is 2.30. The van der Waals surface area contributed by atoms with E-state index in [0.717, 1.165) is 36.4 Å². The summed E-state index contributed by atoms with van der Waals surface area (Å²) in [5, 5.41) is 17.4. The van der Waals surface area contributed by atoms with Gasteiger partial charge in [-0.2, -0.15) is 5.10 Å². The predicted octanol–water partition coefficient (Wildman–Crippen LogP) is 2.29. The van der Waals surface area contributed by atoms with Crippen molar-refractivity contribution in [3.05, 3.63) is 47.8 Å². The zero-order chi connectivity index (χ0) is 15.4. The Labute approximate surface area is 130 Å². The summed E-state index contributed by atoms with van der Waals surface area (Å²) in [6, 6.07) is 10.2. The summed E-state index contributed by atoms with van der Waals surface area (Å²) in [5.74, 6) is 0.841. The molecule has 2 N–H and O–H groups in total. The third-order valence-electron chi connectivity index (χ3n) is 4.22. The lowest BCUT2D eigenvalue weighted by molar-refractivity contribution is 0.0631. The van der Waals surface area contributed by atoms with E-state index >= 15 is 0 Å². The number of rotatable bonds is 6. The van der Waals surface area contributed by atoms with Crippen molar-refractivity contribution < 1.29 is 9.84 Å². The van der Waals surface area contributed by atoms with Gasteiger partial charge in [0.25, 0.3) is 0 Å². The average Bonchev–Trinajstić information content (AvgIpc) is 3.17. The molecule has 1 saturated heterocycles. The van der Waals surface area contributed by atoms with Gasteiger partial charge in [-0.25, -0.2) is 0 Å². The van der Waals surface area contributed by atoms with Crippen LogP contribution in [0.5, 0.6) is 5.75 Å². The number of nitrogens with one attached hydrogen (secondary N) is 1. The molecule has 0 unspecified atom stereocenters. The van der Waals surface area contributed by atoms with Crippen LogP contribution in [0.25, 0.3) is 0 Å². The van der Waals surface area contributed by atoms with Crippen molar-refractivity contribution in [3.63, 3.8) is 0 Å². The number of aromatic amines is 1. The highest BCUT2D eigenvalue weighted by Gasteiger charge is 2.28. The number of benzene rings is 1. The molecule has 0 radical (unpaired) electrons. The fourth-order valence-corrected chi connectivity index (χ4v) is 3.08. The van der Waals surface area contributed by atoms with Gasteiger partial charge in [-0.05, 0) is 44.0 Å². The maximum atomic E-state index is 10.3. The largest absolute Gasteiger partial charge is 0.491 e. The van der Waals surface area contributed by atoms with Gasteiger partial charge < -0.3 is 9.84 Å². The Kier molecular flexibility index (Phi) is 4.75. The van der Waals surface area contributed by atoms with Crippen LogP contribution < -0.4 is 4.74 Å². The number of ether oxygens (including phenoxy) is 1. The molecule has 2 heterocycles. The molecule has 118 valence electrons. The molecule has 22 heavy (non-hydrogen) atoms. The Morgan fingerprint density at radius 3 is 3.05 bits per heavy atom. The molecular weight excluding hydrogens is 278 g/mol. The van der Waals surface area contributed by atoms with Crippen molar-refractivity contribution >= 4 is 0 Å². The predicted molar refractivity (Wildman–Crippen MR) is 84.8 cm³/mol. The lowest BCUT2D eigenvalue weighted by atomic mass is 10.1. The second-order valence-corrected chi connectivity index (χ2v) is 5.90. The van der Waals surface area contributed by atoms with Crippen molar-refractivity contribution in [3.8, 4) is 5.75 Å². The molecule has 5 heteroatoms. The van der Waals surface area contributed by atoms with Gasteiger partial charge in [-0.1, -0.05) is 18.2 Å². The van der Waals surface area contributed by atoms with Crippen molar-refractivity contribution in [2.24, 2.45) is 0 Å². The third kappa shape index (κ3) is 3.48. The van der Waals surface area contributed by atoms with E-state index in [0.29, 0.717) is 19.2 Å². The SMILES string of the molecule is Cc1ccccc1OC[C@H](O)CN1CCC[C@@H]1c1ccn[nH]1. The molecule has 1 fully saturated rings. The Bertz CT molecular complexity index is 585. The molecule has 1 aliphatic rings. The van der Waals surface area contributed by atoms with E-state index in [1.807, 2.05) is 37.3 Å². The van der Waals surface area contributed by atoms with Crippen LogP contribution in [-0.2, 0) is 0 Å². The maximum Gasteiger partial charge on any atom is 0.122 e. The quantitative estimate of drug-likeness (QED) is 0.859. The number of aliphatic hydroxyl groups is 1. The van der Waals surface area contributed by atoms with Gasteiger partial charge >= 0.3 is 0 Å². The van der Waals surface area contributed by atoms with Crippen LogP contribution in [0.4, 0.5) is 0 Å². The lowest BCUT2D eigenvalue weighted by Gasteiger charge is -2.26. The van der Waals surface area contributed by atoms with Crippen molar-refractivity contribution in [1.82, 2.24) is 15.1 Å². The second kappa shape index (κ2) is 6.94. The topological polar surface area (TPSA) is 61.4 Å². The fraction of sp³-hybridized carbons (Fsp3) is 0.471. The Balaban J connectivity index is 1.53. The highest BCUT2D eigenvalue weighted by molar-refractivity contribution is 5.31. The van der Waals surface area contributed by atoms with Gasteiger partial charge in [0, 0.05) is 12.7 Å². The van der Waals surface area contributed by atoms with Crippen LogP contribution in [0.3, 0.4) is 0 Å². The van der Waals surface area contributed by atoms with Crippen LogP contribution in [-0.4, -0.2) is 46.0 Å². The first-order valence-electron chi connectivity index (χ1n) is 7.84. The maximum absolute atomic E-state index is 10.3. The molecule has 3 rings (SSSR count). The van der Waals surface area contributed by atoms with E-state index in [1.54, 1.807) is 6.20 Å². The summed E-state index contributed by atoms with van der Waals surface area (Å²) in [7, 11) is 0. The molecule has 1 aromatic heterocycles. The number of hydrogen-bond donors (Lipinski definition) is 2. The fourth-order valence-electron chi connectivity index (χ4n) is 3.08. The van der Waals surface area contributed by atoms with Crippen LogP contribution >= 0.6 is 0 Å². The van der Waals surface area contributed by atoms with Crippen molar-refractivity contribution in [2.45, 2.75) is 31.9 Å². The number of likely N-dealkylation sites (tertiary alicyclic amines) is 1. The monoisotopic (exact) mass is 301 g/mol. The van der Waals surface area contributed by atoms with Gasteiger partial charge in [-0.3, -0.25) is 10.00 Å². The summed E-state index contributed by atoms with van der Waals surface area (Å²) in [6.07, 6.45) is 3.54. The van der Waals surface area contributed by atoms with Crippen LogP contribution in [0.15, 0.2) is 36.5 Å². The van der Waals surface area contributed by atoms with Crippen LogP contribution in [0, 0.1) is 6.92 Å². The Hall–Kier alpha value is -1.85. The Morgan fingerprint density at radius 2 is 2.27 bits per heavy atom. The number of aryl methyl sites for hydroxylation is 1. The number of H-pyrrole nitrogens is 1. The van der Waals surface area contributed by atoms with E-state index in [4.69, 9.17) is 4.74 Å². The summed E-state index contributed by atoms with van der Waals surface area (Å²) >= 11 is 0. The second-order valence-electron chi connectivity index (χ2n) is 5.90. The van der Waals surface area contributed by atoms with Crippen molar-refractivity contribution in [2.75, 3.05) is 19.7 Å². The molecule has 0 amide bonds. The molecule has 0 saturated carbocycles. The van der Waals surface area contributed by atoms with E-state index in [9.17, 15) is 5.11 Å². The molecule has 1 aromatic carbocycles. The van der Waals surface area contributed by atoms with Gasteiger partial charge in [0.15, 0.2) is 0 Å². The minimum absolute atomic E-state index is 0.317. The lowest BCUT2D eigenvalue weighted by Crippen LogP contribution is -2.35. The van der Waals surface area contributed by atoms with E-state index in [-0.39, 0.29) is 0 Å². The molecule has 0 spiro atoms. The van der Waals surface area contributed by atoms with E-state index < -0.39 is 6.10 Å². The minimum Gasteiger partial charge on any atom is -0.491 e. The molecular formula is C17H23N3O2. The van der Waals surface area contributed by atoms with Crippen LogP contribution in [0.2, 0.25) is 0 Å². The Morgan fingerprint density at radius 1 is 1.41 bits per heavy atom. The molecule has 1 aliphatic heterocycles. The number of aliphatic hydroxyl groups excluding tert-OH is 1. The first kappa shape index (κ1) is 15.1. The van der Waals surface area contributed by atoms with E-state index in [2.05, 4.69) is 15.1 Å². The van der Waals surface area contributed by atoms with Crippen molar-refractivity contribution in [1.29, 1.82) is 0 Å². The highest BCUT2D eigenvalue weighted by Crippen LogP contribution is 2.30. The number of hydrogen-bond acceptors (Lipinski definition) is 4. The van der Waals surface area contributed by atoms with Gasteiger partial charge in [0.05, 0.1) is 11.7 Å². The first-order chi connectivity index (χ1) is 10.7. The van der Waals surface area contributed by atoms with E-state index in [1.165, 1.54) is 0 Å². The van der Waals surface area contributed by atoms with Gasteiger partial charge in [-0.15, -0.1) is 0 Å². The summed E-state index contributed by atoms with van der Waals surface area (Å²) < 4.78 is 5.74. The molecule has 5 nitrogen and oxygen atoms in total. The number of β-amino-alcohol motifs (C(OH)–C–C–N with tert-alkyl or cyclic N) is 1. The summed E-state index contributed by atoms with van der Waals surface area (Å²) in [6.45, 7) is 3.95. The molecule has 2 aromatic rings. The molecule has 0 aliphatic carbocycles. The average molecular weight is 301 g/mol. The first-order valence-corrected chi connectivity index (χ1v) is 7.84. The highest BCUT2D eigenvalue weighted by atomic mass is 16.5. The van der Waals surface area contributed by atoms with Gasteiger partial charge in [0.2, 0.25) is 0 Å². The summed E-state index contributed by atoms with van der Waals surface area (Å²) in [5.41, 5.74) is 2.22. The molecule has 2 atom stereocenters. The smallest absolute Gasteiger partial charge is 0.122 e.